The van der Waals surface area contributed by atoms with Crippen LogP contribution in [0.5, 0.6) is 0 Å². The van der Waals surface area contributed by atoms with Gasteiger partial charge in [-0.25, -0.2) is 4.68 Å². The van der Waals surface area contributed by atoms with Crippen LogP contribution in [-0.2, 0) is 0 Å². The fourth-order valence-corrected chi connectivity index (χ4v) is 2.13. The molecule has 0 aliphatic heterocycles. The number of carbonyl (C=O) groups is 1. The van der Waals surface area contributed by atoms with E-state index < -0.39 is 5.60 Å². The molecule has 2 rings (SSSR count). The summed E-state index contributed by atoms with van der Waals surface area (Å²) < 4.78 is 1.67. The summed E-state index contributed by atoms with van der Waals surface area (Å²) in [5.41, 5.74) is 0.508. The van der Waals surface area contributed by atoms with Gasteiger partial charge in [-0.05, 0) is 32.9 Å². The van der Waals surface area contributed by atoms with Gasteiger partial charge in [0, 0.05) is 19.3 Å². The zero-order valence-electron chi connectivity index (χ0n) is 12.7. The summed E-state index contributed by atoms with van der Waals surface area (Å²) in [5.74, 6) is -0.123. The summed E-state index contributed by atoms with van der Waals surface area (Å²) >= 11 is 0. The Labute approximate surface area is 124 Å². The van der Waals surface area contributed by atoms with Gasteiger partial charge in [0.2, 0.25) is 0 Å². The number of aliphatic hydroxyl groups is 1. The third-order valence-corrected chi connectivity index (χ3v) is 3.10. The monoisotopic (exact) mass is 287 g/mol. The second-order valence-corrected chi connectivity index (χ2v) is 5.64. The lowest BCUT2D eigenvalue weighted by Crippen LogP contribution is -2.42. The molecule has 0 aliphatic rings. The number of nitrogens with zero attached hydrogens (tertiary/aromatic N) is 3. The van der Waals surface area contributed by atoms with Gasteiger partial charge in [-0.2, -0.15) is 5.10 Å². The smallest absolute Gasteiger partial charge is 0.257 e. The molecule has 5 heteroatoms. The quantitative estimate of drug-likeness (QED) is 0.916. The molecule has 1 aromatic carbocycles. The largest absolute Gasteiger partial charge is 0.389 e. The molecule has 0 fully saturated rings. The Hall–Kier alpha value is -2.14. The number of hydrogen-bond acceptors (Lipinski definition) is 3. The minimum atomic E-state index is -0.916. The molecule has 0 saturated heterocycles. The summed E-state index contributed by atoms with van der Waals surface area (Å²) in [6, 6.07) is 9.63. The number of amides is 1. The molecular formula is C16H21N3O2. The van der Waals surface area contributed by atoms with Crippen molar-refractivity contribution in [2.24, 2.45) is 0 Å². The number of carbonyl (C=O) groups excluding carboxylic acids is 1. The fraction of sp³-hybridized carbons (Fsp3) is 0.375. The number of benzene rings is 1. The number of aromatic nitrogens is 2. The maximum atomic E-state index is 12.5. The zero-order valence-corrected chi connectivity index (χ0v) is 12.7. The normalized spacial score (nSPS) is 11.4. The standard InChI is InChI=1S/C16H21N3O2/c1-4-18(12-16(2,3)21)15(20)13-10-17-19(11-13)14-8-6-5-7-9-14/h5-11,21H,4,12H2,1-3H3. The van der Waals surface area contributed by atoms with Crippen LogP contribution in [0.15, 0.2) is 42.7 Å². The summed E-state index contributed by atoms with van der Waals surface area (Å²) in [6.45, 7) is 6.11. The maximum Gasteiger partial charge on any atom is 0.257 e. The lowest BCUT2D eigenvalue weighted by atomic mass is 10.1. The molecule has 2 aromatic rings. The zero-order chi connectivity index (χ0) is 15.5. The van der Waals surface area contributed by atoms with E-state index in [4.69, 9.17) is 0 Å². The Balaban J connectivity index is 2.18. The predicted octanol–water partition coefficient (Wildman–Crippen LogP) is 2.11. The van der Waals surface area contributed by atoms with Gasteiger partial charge in [-0.15, -0.1) is 0 Å². The van der Waals surface area contributed by atoms with Crippen molar-refractivity contribution in [1.82, 2.24) is 14.7 Å². The first kappa shape index (κ1) is 15.3. The van der Waals surface area contributed by atoms with Crippen LogP contribution in [-0.4, -0.2) is 44.4 Å². The average molecular weight is 287 g/mol. The highest BCUT2D eigenvalue weighted by atomic mass is 16.3. The van der Waals surface area contributed by atoms with E-state index in [9.17, 15) is 9.90 Å². The number of rotatable bonds is 5. The van der Waals surface area contributed by atoms with Crippen molar-refractivity contribution in [1.29, 1.82) is 0 Å². The number of para-hydroxylation sites is 1. The Kier molecular flexibility index (Phi) is 4.43. The molecule has 112 valence electrons. The van der Waals surface area contributed by atoms with Gasteiger partial charge in [0.1, 0.15) is 0 Å². The second-order valence-electron chi connectivity index (χ2n) is 5.64. The number of likely N-dealkylation sites (N-methyl/N-ethyl adjacent to an activating group) is 1. The lowest BCUT2D eigenvalue weighted by molar-refractivity contribution is 0.0314. The van der Waals surface area contributed by atoms with Crippen LogP contribution in [0.2, 0.25) is 0 Å². The second kappa shape index (κ2) is 6.10. The first-order valence-corrected chi connectivity index (χ1v) is 7.02. The fourth-order valence-electron chi connectivity index (χ4n) is 2.13. The van der Waals surface area contributed by atoms with Crippen molar-refractivity contribution >= 4 is 5.91 Å². The first-order valence-electron chi connectivity index (χ1n) is 7.02. The van der Waals surface area contributed by atoms with Crippen molar-refractivity contribution in [3.8, 4) is 5.69 Å². The van der Waals surface area contributed by atoms with Gasteiger partial charge in [-0.1, -0.05) is 18.2 Å². The highest BCUT2D eigenvalue weighted by Gasteiger charge is 2.23. The Morgan fingerprint density at radius 1 is 1.33 bits per heavy atom. The highest BCUT2D eigenvalue weighted by molar-refractivity contribution is 5.93. The Morgan fingerprint density at radius 2 is 2.00 bits per heavy atom. The third kappa shape index (κ3) is 3.92. The van der Waals surface area contributed by atoms with Gasteiger partial charge >= 0.3 is 0 Å². The van der Waals surface area contributed by atoms with Crippen molar-refractivity contribution in [2.75, 3.05) is 13.1 Å². The van der Waals surface area contributed by atoms with E-state index in [1.54, 1.807) is 35.8 Å². The molecule has 0 unspecified atom stereocenters. The van der Waals surface area contributed by atoms with Gasteiger partial charge < -0.3 is 10.0 Å². The van der Waals surface area contributed by atoms with Crippen LogP contribution in [0.25, 0.3) is 5.69 Å². The highest BCUT2D eigenvalue weighted by Crippen LogP contribution is 2.12. The van der Waals surface area contributed by atoms with Crippen LogP contribution < -0.4 is 0 Å². The van der Waals surface area contributed by atoms with E-state index in [1.165, 1.54) is 0 Å². The first-order chi connectivity index (χ1) is 9.90. The molecule has 0 aliphatic carbocycles. The van der Waals surface area contributed by atoms with Crippen LogP contribution >= 0.6 is 0 Å². The summed E-state index contributed by atoms with van der Waals surface area (Å²) in [7, 11) is 0. The van der Waals surface area contributed by atoms with Crippen LogP contribution in [0.4, 0.5) is 0 Å². The molecule has 5 nitrogen and oxygen atoms in total. The molecule has 0 saturated carbocycles. The van der Waals surface area contributed by atoms with Gasteiger partial charge in [-0.3, -0.25) is 4.79 Å². The van der Waals surface area contributed by atoms with Gasteiger partial charge in [0.15, 0.2) is 0 Å². The van der Waals surface area contributed by atoms with Crippen molar-refractivity contribution in [3.05, 3.63) is 48.3 Å². The molecule has 0 bridgehead atoms. The topological polar surface area (TPSA) is 58.4 Å². The van der Waals surface area contributed by atoms with Gasteiger partial charge in [0.05, 0.1) is 23.0 Å². The SMILES string of the molecule is CCN(CC(C)(C)O)C(=O)c1cnn(-c2ccccc2)c1. The van der Waals surface area contributed by atoms with Crippen LogP contribution in [0.3, 0.4) is 0 Å². The van der Waals surface area contributed by atoms with Crippen LogP contribution in [0.1, 0.15) is 31.1 Å². The summed E-state index contributed by atoms with van der Waals surface area (Å²) in [5, 5.41) is 14.1. The number of hydrogen-bond donors (Lipinski definition) is 1. The predicted molar refractivity (Wildman–Crippen MR) is 81.4 cm³/mol. The average Bonchev–Trinajstić information content (AvgIpc) is 2.94. The molecule has 1 heterocycles. The van der Waals surface area contributed by atoms with Gasteiger partial charge in [0.25, 0.3) is 5.91 Å². The molecule has 21 heavy (non-hydrogen) atoms. The van der Waals surface area contributed by atoms with E-state index in [0.717, 1.165) is 5.69 Å². The molecule has 1 amide bonds. The molecule has 0 atom stereocenters. The molecule has 1 aromatic heterocycles. The van der Waals surface area contributed by atoms with E-state index >= 15 is 0 Å². The Bertz CT molecular complexity index is 599. The van der Waals surface area contributed by atoms with Crippen molar-refractivity contribution in [3.63, 3.8) is 0 Å². The maximum absolute atomic E-state index is 12.5. The minimum absolute atomic E-state index is 0.123. The van der Waals surface area contributed by atoms with Crippen molar-refractivity contribution < 1.29 is 9.90 Å². The van der Waals surface area contributed by atoms with E-state index in [-0.39, 0.29) is 5.91 Å². The third-order valence-electron chi connectivity index (χ3n) is 3.10. The molecule has 0 spiro atoms. The van der Waals surface area contributed by atoms with E-state index in [2.05, 4.69) is 5.10 Å². The van der Waals surface area contributed by atoms with Crippen LogP contribution in [0, 0.1) is 0 Å². The lowest BCUT2D eigenvalue weighted by Gasteiger charge is -2.27. The molecule has 0 radical (unpaired) electrons. The Morgan fingerprint density at radius 3 is 2.57 bits per heavy atom. The molecular weight excluding hydrogens is 266 g/mol. The minimum Gasteiger partial charge on any atom is -0.389 e. The van der Waals surface area contributed by atoms with E-state index in [1.807, 2.05) is 37.3 Å². The van der Waals surface area contributed by atoms with Crippen molar-refractivity contribution in [2.45, 2.75) is 26.4 Å². The summed E-state index contributed by atoms with van der Waals surface area (Å²) in [4.78, 5) is 14.1. The summed E-state index contributed by atoms with van der Waals surface area (Å²) in [6.07, 6.45) is 3.27. The molecule has 1 N–H and O–H groups in total. The van der Waals surface area contributed by atoms with E-state index in [0.29, 0.717) is 18.7 Å².